The van der Waals surface area contributed by atoms with Gasteiger partial charge in [0.05, 0.1) is 29.5 Å². The molecule has 3 aliphatic carbocycles. The number of aromatic hydroxyl groups is 1. The first-order valence-electron chi connectivity index (χ1n) is 19.7. The Morgan fingerprint density at radius 2 is 1.52 bits per heavy atom. The fourth-order valence-corrected chi connectivity index (χ4v) is 10.3. The summed E-state index contributed by atoms with van der Waals surface area (Å²) in [6.07, 6.45) is 3.87. The van der Waals surface area contributed by atoms with E-state index in [1.54, 1.807) is 42.5 Å². The van der Waals surface area contributed by atoms with Crippen LogP contribution in [0.25, 0.3) is 28.1 Å². The van der Waals surface area contributed by atoms with E-state index >= 15 is 9.59 Å². The molecule has 1 N–H and O–H groups in total. The van der Waals surface area contributed by atoms with Crippen LogP contribution in [0.1, 0.15) is 42.4 Å². The summed E-state index contributed by atoms with van der Waals surface area (Å²) in [6.45, 7) is 2.12. The van der Waals surface area contributed by atoms with Gasteiger partial charge in [-0.2, -0.15) is 0 Å². The number of allylic oxidation sites excluding steroid dienone is 4. The van der Waals surface area contributed by atoms with Gasteiger partial charge in [-0.3, -0.25) is 24.1 Å². The number of anilines is 1. The average Bonchev–Trinajstić information content (AvgIpc) is 3.81. The van der Waals surface area contributed by atoms with E-state index in [9.17, 15) is 14.7 Å². The molecule has 0 spiro atoms. The summed E-state index contributed by atoms with van der Waals surface area (Å²) in [4.78, 5) is 65.7. The zero-order valence-corrected chi connectivity index (χ0v) is 31.6. The number of phenols is 1. The molecule has 0 bridgehead atoms. The monoisotopic (exact) mass is 766 g/mol. The van der Waals surface area contributed by atoms with Gasteiger partial charge in [-0.1, -0.05) is 96.6 Å². The lowest BCUT2D eigenvalue weighted by Gasteiger charge is -2.55. The number of hydrogen-bond donors (Lipinski definition) is 1. The number of carbonyl (C=O) groups is 4. The van der Waals surface area contributed by atoms with Gasteiger partial charge in [0, 0.05) is 28.5 Å². The summed E-state index contributed by atoms with van der Waals surface area (Å²) in [5.41, 5.74) is 3.80. The topological polar surface area (TPSA) is 127 Å². The maximum Gasteiger partial charge on any atom is 0.238 e. The van der Waals surface area contributed by atoms with Crippen LogP contribution in [-0.2, 0) is 24.6 Å². The van der Waals surface area contributed by atoms with Crippen molar-refractivity contribution >= 4 is 45.7 Å². The number of hydrogen-bond acceptors (Lipinski definition) is 8. The average molecular weight is 767 g/mol. The lowest BCUT2D eigenvalue weighted by atomic mass is 9.44. The molecule has 1 saturated heterocycles. The van der Waals surface area contributed by atoms with Crippen LogP contribution < -0.4 is 9.64 Å². The summed E-state index contributed by atoms with van der Waals surface area (Å²) in [5, 5.41) is 12.0. The van der Waals surface area contributed by atoms with Crippen molar-refractivity contribution < 1.29 is 33.4 Å². The van der Waals surface area contributed by atoms with Gasteiger partial charge in [-0.05, 0) is 85.4 Å². The maximum atomic E-state index is 15.3. The number of benzene rings is 5. The second kappa shape index (κ2) is 13.7. The number of ether oxygens (including phenoxy) is 1. The number of Topliss-reactive ketones (excluding diaryl/α,β-unsaturated/α-hetero) is 1. The number of para-hydroxylation sites is 3. The van der Waals surface area contributed by atoms with Crippen molar-refractivity contribution in [1.82, 2.24) is 4.98 Å². The minimum Gasteiger partial charge on any atom is -0.504 e. The zero-order valence-electron chi connectivity index (χ0n) is 31.6. The summed E-state index contributed by atoms with van der Waals surface area (Å²) in [6, 6.07) is 38.2. The minimum atomic E-state index is -1.47. The highest BCUT2D eigenvalue weighted by molar-refractivity contribution is 6.32. The third-order valence-electron chi connectivity index (χ3n) is 12.7. The molecule has 0 radical (unpaired) electrons. The summed E-state index contributed by atoms with van der Waals surface area (Å²) < 4.78 is 11.8. The van der Waals surface area contributed by atoms with E-state index in [1.165, 1.54) is 11.0 Å². The molecule has 10 rings (SSSR count). The third-order valence-corrected chi connectivity index (χ3v) is 12.7. The van der Waals surface area contributed by atoms with Crippen molar-refractivity contribution in [3.8, 4) is 23.0 Å². The van der Waals surface area contributed by atoms with Gasteiger partial charge in [0.25, 0.3) is 0 Å². The molecule has 2 heterocycles. The van der Waals surface area contributed by atoms with Gasteiger partial charge in [-0.15, -0.1) is 0 Å². The molecule has 2 amide bonds. The van der Waals surface area contributed by atoms with E-state index in [2.05, 4.69) is 4.98 Å². The highest BCUT2D eigenvalue weighted by Crippen LogP contribution is 2.65. The molecule has 9 nitrogen and oxygen atoms in total. The Balaban J connectivity index is 1.11. The van der Waals surface area contributed by atoms with Crippen molar-refractivity contribution in [3.63, 3.8) is 0 Å². The molecule has 1 aromatic heterocycles. The van der Waals surface area contributed by atoms with Crippen LogP contribution in [0.2, 0.25) is 0 Å². The van der Waals surface area contributed by atoms with Crippen LogP contribution >= 0.6 is 0 Å². The van der Waals surface area contributed by atoms with E-state index in [-0.39, 0.29) is 47.7 Å². The fraction of sp³-hybridized carbons (Fsp3) is 0.204. The number of aromatic nitrogens is 1. The number of rotatable bonds is 7. The SMILES string of the molecule is CCOc1cccc([C@H]2C3=CC[C@@H]4C(=O)N(c5ccc(-c6nc7ccccc7o6)cc5)C(=O)[C@@H]4[C@@H]3C[C@H]3C(=O)C(c4ccccc4)=CC(=O)[C@@]23c2ccccc2)c1O. The summed E-state index contributed by atoms with van der Waals surface area (Å²) in [5.74, 6) is -4.45. The highest BCUT2D eigenvalue weighted by Gasteiger charge is 2.66. The van der Waals surface area contributed by atoms with Gasteiger partial charge in [0.15, 0.2) is 28.6 Å². The maximum absolute atomic E-state index is 15.3. The molecule has 2 fully saturated rings. The van der Waals surface area contributed by atoms with Gasteiger partial charge in [0.1, 0.15) is 5.52 Å². The molecule has 0 unspecified atom stereocenters. The molecule has 286 valence electrons. The number of phenolic OH excluding ortho intramolecular Hbond substituents is 1. The zero-order chi connectivity index (χ0) is 39.7. The third kappa shape index (κ3) is 5.19. The van der Waals surface area contributed by atoms with Crippen LogP contribution in [0.3, 0.4) is 0 Å². The van der Waals surface area contributed by atoms with Crippen LogP contribution in [0.15, 0.2) is 150 Å². The molecular weight excluding hydrogens is 729 g/mol. The Labute approximate surface area is 334 Å². The normalized spacial score (nSPS) is 25.2. The van der Waals surface area contributed by atoms with E-state index in [4.69, 9.17) is 9.15 Å². The predicted octanol–water partition coefficient (Wildman–Crippen LogP) is 8.63. The number of imide groups is 1. The van der Waals surface area contributed by atoms with Crippen LogP contribution in [0, 0.1) is 23.7 Å². The Bertz CT molecular complexity index is 2680. The van der Waals surface area contributed by atoms with Gasteiger partial charge in [0.2, 0.25) is 17.7 Å². The van der Waals surface area contributed by atoms with E-state index in [0.29, 0.717) is 51.6 Å². The number of amides is 2. The van der Waals surface area contributed by atoms with E-state index in [1.807, 2.05) is 97.9 Å². The molecule has 6 aromatic rings. The van der Waals surface area contributed by atoms with Gasteiger partial charge >= 0.3 is 0 Å². The highest BCUT2D eigenvalue weighted by atomic mass is 16.5. The Hall–Kier alpha value is -6.87. The molecule has 1 saturated carbocycles. The number of carbonyl (C=O) groups excluding carboxylic acids is 4. The largest absolute Gasteiger partial charge is 0.504 e. The molecule has 58 heavy (non-hydrogen) atoms. The second-order valence-electron chi connectivity index (χ2n) is 15.5. The number of fused-ring (bicyclic) bond motifs is 5. The summed E-state index contributed by atoms with van der Waals surface area (Å²) >= 11 is 0. The number of nitrogens with zero attached hydrogens (tertiary/aromatic N) is 2. The quantitative estimate of drug-likeness (QED) is 0.126. The predicted molar refractivity (Wildman–Crippen MR) is 218 cm³/mol. The van der Waals surface area contributed by atoms with Crippen molar-refractivity contribution in [2.24, 2.45) is 23.7 Å². The Morgan fingerprint density at radius 1 is 0.793 bits per heavy atom. The number of oxazole rings is 1. The van der Waals surface area contributed by atoms with Crippen molar-refractivity contribution in [1.29, 1.82) is 0 Å². The molecule has 5 aromatic carbocycles. The first-order chi connectivity index (χ1) is 28.3. The van der Waals surface area contributed by atoms with Gasteiger partial charge < -0.3 is 14.3 Å². The second-order valence-corrected chi connectivity index (χ2v) is 15.5. The van der Waals surface area contributed by atoms with Crippen LogP contribution in [0.5, 0.6) is 11.5 Å². The number of ketones is 2. The van der Waals surface area contributed by atoms with Crippen molar-refractivity contribution in [3.05, 3.63) is 162 Å². The first-order valence-corrected chi connectivity index (χ1v) is 19.7. The Kier molecular flexibility index (Phi) is 8.37. The lowest BCUT2D eigenvalue weighted by Crippen LogP contribution is -2.58. The molecule has 9 heteroatoms. The molecule has 6 atom stereocenters. The molecular formula is C49H38N2O7. The van der Waals surface area contributed by atoms with Crippen molar-refractivity contribution in [2.75, 3.05) is 11.5 Å². The van der Waals surface area contributed by atoms with Crippen LogP contribution in [-0.4, -0.2) is 40.1 Å². The smallest absolute Gasteiger partial charge is 0.238 e. The minimum absolute atomic E-state index is 0.125. The van der Waals surface area contributed by atoms with E-state index < -0.39 is 35.0 Å². The first kappa shape index (κ1) is 35.5. The summed E-state index contributed by atoms with van der Waals surface area (Å²) in [7, 11) is 0. The molecule has 1 aliphatic heterocycles. The standard InChI is InChI=1S/C49H38N2O7/c1-2-57-40-19-11-16-34(45(40)54)43-32-24-25-33-42(48(56)51(47(33)55)31-22-20-29(21-23-31)46-50-38-17-9-10-18-39(38)58-46)36(32)26-37-44(53)35(28-12-5-3-6-13-28)27-41(52)49(37,43)30-14-7-4-8-15-30/h3-24,27,33,36-37,42-43,54H,2,25-26H2,1H3/t33-,36+,37-,42-,43+,49-/m0/s1. The van der Waals surface area contributed by atoms with Crippen molar-refractivity contribution in [2.45, 2.75) is 31.1 Å². The van der Waals surface area contributed by atoms with Gasteiger partial charge in [-0.25, -0.2) is 4.98 Å². The van der Waals surface area contributed by atoms with Crippen LogP contribution in [0.4, 0.5) is 5.69 Å². The lowest BCUT2D eigenvalue weighted by molar-refractivity contribution is -0.135. The van der Waals surface area contributed by atoms with E-state index in [0.717, 1.165) is 11.1 Å². The fourth-order valence-electron chi connectivity index (χ4n) is 10.3. The molecule has 4 aliphatic rings. The Morgan fingerprint density at radius 3 is 2.26 bits per heavy atom.